The SMILES string of the molecule is [CH2]OCC.[Zn]. The molecule has 27 valence electrons. The van der Waals surface area contributed by atoms with E-state index < -0.39 is 0 Å². The van der Waals surface area contributed by atoms with E-state index in [0.29, 0.717) is 6.61 Å². The van der Waals surface area contributed by atoms with Gasteiger partial charge in [-0.05, 0) is 6.92 Å². The Bertz CT molecular complexity index is 8.85. The van der Waals surface area contributed by atoms with Crippen LogP contribution in [0.5, 0.6) is 0 Å². The molecule has 0 aromatic rings. The maximum atomic E-state index is 4.29. The maximum absolute atomic E-state index is 4.29. The second-order valence-electron chi connectivity index (χ2n) is 0.493. The van der Waals surface area contributed by atoms with E-state index in [9.17, 15) is 0 Å². The summed E-state index contributed by atoms with van der Waals surface area (Å²) in [5, 5.41) is 0. The first kappa shape index (κ1) is 9.13. The molecule has 0 saturated heterocycles. The van der Waals surface area contributed by atoms with Crippen molar-refractivity contribution < 1.29 is 24.2 Å². The van der Waals surface area contributed by atoms with E-state index >= 15 is 0 Å². The summed E-state index contributed by atoms with van der Waals surface area (Å²) in [6.45, 7) is 2.60. The van der Waals surface area contributed by atoms with Crippen LogP contribution in [0.3, 0.4) is 0 Å². The van der Waals surface area contributed by atoms with Crippen molar-refractivity contribution in [1.82, 2.24) is 0 Å². The first-order chi connectivity index (χ1) is 1.91. The van der Waals surface area contributed by atoms with Crippen LogP contribution in [0, 0.1) is 7.11 Å². The van der Waals surface area contributed by atoms with Crippen LogP contribution in [0.15, 0.2) is 0 Å². The van der Waals surface area contributed by atoms with Gasteiger partial charge in [-0.3, -0.25) is 0 Å². The fraction of sp³-hybridized carbons (Fsp3) is 0.667. The number of rotatable bonds is 1. The molecule has 0 heterocycles. The Balaban J connectivity index is 0. The molecule has 0 unspecified atom stereocenters. The van der Waals surface area contributed by atoms with Crippen molar-refractivity contribution in [3.05, 3.63) is 7.11 Å². The first-order valence-electron chi connectivity index (χ1n) is 1.28. The predicted molar refractivity (Wildman–Crippen MR) is 17.0 cm³/mol. The summed E-state index contributed by atoms with van der Waals surface area (Å²) in [7, 11) is 3.10. The Morgan fingerprint density at radius 1 is 1.80 bits per heavy atom. The van der Waals surface area contributed by atoms with Crippen LogP contribution in [0.25, 0.3) is 0 Å². The van der Waals surface area contributed by atoms with Crippen molar-refractivity contribution in [2.45, 2.75) is 6.92 Å². The third kappa shape index (κ3) is 12.2. The minimum absolute atomic E-state index is 0. The van der Waals surface area contributed by atoms with Gasteiger partial charge in [0.25, 0.3) is 0 Å². The standard InChI is InChI=1S/C3H7O.Zn/c1-3-4-2;/h2-3H2,1H3;. The predicted octanol–water partition coefficient (Wildman–Crippen LogP) is 0.812. The first-order valence-corrected chi connectivity index (χ1v) is 1.28. The average Bonchev–Trinajstić information content (AvgIpc) is 1.37. The van der Waals surface area contributed by atoms with Gasteiger partial charge in [0.2, 0.25) is 0 Å². The summed E-state index contributed by atoms with van der Waals surface area (Å²) in [6.07, 6.45) is 0. The molecule has 0 aromatic heterocycles. The van der Waals surface area contributed by atoms with E-state index in [-0.39, 0.29) is 19.5 Å². The summed E-state index contributed by atoms with van der Waals surface area (Å²) in [5.41, 5.74) is 0. The maximum Gasteiger partial charge on any atom is 0.0700 e. The van der Waals surface area contributed by atoms with Crippen LogP contribution in [-0.4, -0.2) is 6.61 Å². The van der Waals surface area contributed by atoms with Gasteiger partial charge in [0.1, 0.15) is 0 Å². The van der Waals surface area contributed by atoms with Crippen LogP contribution in [0.1, 0.15) is 6.92 Å². The molecule has 1 radical (unpaired) electrons. The van der Waals surface area contributed by atoms with Crippen LogP contribution >= 0.6 is 0 Å². The Labute approximate surface area is 45.5 Å². The van der Waals surface area contributed by atoms with E-state index in [1.54, 1.807) is 0 Å². The van der Waals surface area contributed by atoms with Crippen LogP contribution in [0.4, 0.5) is 0 Å². The molecule has 0 bridgehead atoms. The van der Waals surface area contributed by atoms with E-state index in [0.717, 1.165) is 0 Å². The van der Waals surface area contributed by atoms with Crippen LogP contribution in [-0.2, 0) is 24.2 Å². The third-order valence-electron chi connectivity index (χ3n) is 0.204. The van der Waals surface area contributed by atoms with Gasteiger partial charge in [-0.25, -0.2) is 0 Å². The molecule has 0 aliphatic carbocycles. The summed E-state index contributed by atoms with van der Waals surface area (Å²) in [4.78, 5) is 0. The molecular formula is C3H7OZn. The molecule has 0 spiro atoms. The molecule has 0 aliphatic rings. The molecule has 0 saturated carbocycles. The Kier molecular flexibility index (Phi) is 16.1. The van der Waals surface area contributed by atoms with Gasteiger partial charge in [0.05, 0.1) is 7.11 Å². The largest absolute Gasteiger partial charge is 0.379 e. The van der Waals surface area contributed by atoms with E-state index in [1.807, 2.05) is 6.92 Å². The molecule has 1 nitrogen and oxygen atoms in total. The summed E-state index contributed by atoms with van der Waals surface area (Å²) < 4.78 is 4.29. The summed E-state index contributed by atoms with van der Waals surface area (Å²) in [5.74, 6) is 0. The quantitative estimate of drug-likeness (QED) is 0.470. The van der Waals surface area contributed by atoms with Crippen LogP contribution < -0.4 is 0 Å². The van der Waals surface area contributed by atoms with Gasteiger partial charge in [-0.1, -0.05) is 0 Å². The van der Waals surface area contributed by atoms with Gasteiger partial charge in [-0.15, -0.1) is 0 Å². The van der Waals surface area contributed by atoms with Crippen molar-refractivity contribution in [3.63, 3.8) is 0 Å². The Morgan fingerprint density at radius 3 is 2.00 bits per heavy atom. The number of hydrogen-bond acceptors (Lipinski definition) is 1. The van der Waals surface area contributed by atoms with Crippen molar-refractivity contribution >= 4 is 0 Å². The zero-order chi connectivity index (χ0) is 3.41. The van der Waals surface area contributed by atoms with Gasteiger partial charge in [0, 0.05) is 26.1 Å². The molecule has 0 N–H and O–H groups in total. The molecular weight excluding hydrogens is 117 g/mol. The third-order valence-corrected chi connectivity index (χ3v) is 0.204. The van der Waals surface area contributed by atoms with E-state index in [2.05, 4.69) is 11.8 Å². The topological polar surface area (TPSA) is 9.23 Å². The Morgan fingerprint density at radius 2 is 2.00 bits per heavy atom. The summed E-state index contributed by atoms with van der Waals surface area (Å²) in [6, 6.07) is 0. The van der Waals surface area contributed by atoms with Crippen molar-refractivity contribution in [2.75, 3.05) is 6.61 Å². The molecule has 0 amide bonds. The fourth-order valence-electron chi connectivity index (χ4n) is 0. The average molecular weight is 124 g/mol. The molecule has 2 heteroatoms. The molecule has 0 aliphatic heterocycles. The zero-order valence-electron chi connectivity index (χ0n) is 3.53. The zero-order valence-corrected chi connectivity index (χ0v) is 6.50. The van der Waals surface area contributed by atoms with Crippen molar-refractivity contribution in [1.29, 1.82) is 0 Å². The number of hydrogen-bond donors (Lipinski definition) is 0. The fourth-order valence-corrected chi connectivity index (χ4v) is 0. The monoisotopic (exact) mass is 123 g/mol. The van der Waals surface area contributed by atoms with Gasteiger partial charge >= 0.3 is 0 Å². The molecule has 0 aromatic carbocycles. The molecule has 5 heavy (non-hydrogen) atoms. The van der Waals surface area contributed by atoms with Gasteiger partial charge in [0.15, 0.2) is 0 Å². The van der Waals surface area contributed by atoms with Crippen molar-refractivity contribution in [3.8, 4) is 0 Å². The van der Waals surface area contributed by atoms with Crippen LogP contribution in [0.2, 0.25) is 0 Å². The number of ether oxygens (including phenoxy) is 1. The summed E-state index contributed by atoms with van der Waals surface area (Å²) >= 11 is 0. The second kappa shape index (κ2) is 8.82. The molecule has 0 atom stereocenters. The van der Waals surface area contributed by atoms with Crippen molar-refractivity contribution in [2.24, 2.45) is 0 Å². The van der Waals surface area contributed by atoms with E-state index in [4.69, 9.17) is 0 Å². The van der Waals surface area contributed by atoms with Gasteiger partial charge < -0.3 is 4.74 Å². The normalized spacial score (nSPS) is 6.00. The smallest absolute Gasteiger partial charge is 0.0700 e. The second-order valence-corrected chi connectivity index (χ2v) is 0.493. The minimum Gasteiger partial charge on any atom is -0.379 e. The van der Waals surface area contributed by atoms with Gasteiger partial charge in [-0.2, -0.15) is 0 Å². The Hall–Kier alpha value is 0.583. The van der Waals surface area contributed by atoms with E-state index in [1.165, 1.54) is 0 Å². The molecule has 0 rings (SSSR count). The minimum atomic E-state index is 0. The molecule has 0 fully saturated rings.